The van der Waals surface area contributed by atoms with Gasteiger partial charge in [-0.05, 0) is 31.6 Å². The summed E-state index contributed by atoms with van der Waals surface area (Å²) in [7, 11) is 0. The lowest BCUT2D eigenvalue weighted by atomic mass is 9.62. The molecule has 0 saturated heterocycles. The number of esters is 1. The third kappa shape index (κ3) is 2.87. The van der Waals surface area contributed by atoms with Crippen molar-refractivity contribution >= 4 is 5.97 Å². The number of carbonyl (C=O) groups excluding carboxylic acids is 1. The average molecular weight is 253 g/mol. The molecule has 2 rings (SSSR count). The molecule has 104 valence electrons. The van der Waals surface area contributed by atoms with Gasteiger partial charge in [-0.2, -0.15) is 0 Å². The Kier molecular flexibility index (Phi) is 5.04. The highest BCUT2D eigenvalue weighted by atomic mass is 16.5. The molecule has 2 saturated carbocycles. The van der Waals surface area contributed by atoms with Crippen molar-refractivity contribution in [3.63, 3.8) is 0 Å². The fourth-order valence-corrected chi connectivity index (χ4v) is 3.91. The SMILES string of the molecule is NCCOC(=O)C1(C2CCCCC2)CCCCC1. The van der Waals surface area contributed by atoms with E-state index in [1.165, 1.54) is 51.4 Å². The second-order valence-electron chi connectivity index (χ2n) is 5.98. The summed E-state index contributed by atoms with van der Waals surface area (Å²) in [5.41, 5.74) is 5.29. The first kappa shape index (κ1) is 13.9. The van der Waals surface area contributed by atoms with E-state index in [2.05, 4.69) is 0 Å². The summed E-state index contributed by atoms with van der Waals surface area (Å²) >= 11 is 0. The minimum absolute atomic E-state index is 0.0551. The minimum Gasteiger partial charge on any atom is -0.464 e. The molecule has 3 nitrogen and oxygen atoms in total. The van der Waals surface area contributed by atoms with E-state index in [1.54, 1.807) is 0 Å². The van der Waals surface area contributed by atoms with Gasteiger partial charge in [-0.15, -0.1) is 0 Å². The van der Waals surface area contributed by atoms with Crippen LogP contribution in [0.5, 0.6) is 0 Å². The highest BCUT2D eigenvalue weighted by Crippen LogP contribution is 2.49. The van der Waals surface area contributed by atoms with Gasteiger partial charge in [0.15, 0.2) is 0 Å². The van der Waals surface area contributed by atoms with E-state index in [4.69, 9.17) is 10.5 Å². The molecule has 0 atom stereocenters. The van der Waals surface area contributed by atoms with Gasteiger partial charge in [0.05, 0.1) is 5.41 Å². The number of ether oxygens (including phenoxy) is 1. The number of hydrogen-bond donors (Lipinski definition) is 1. The number of rotatable bonds is 4. The van der Waals surface area contributed by atoms with Crippen molar-refractivity contribution < 1.29 is 9.53 Å². The van der Waals surface area contributed by atoms with Gasteiger partial charge < -0.3 is 10.5 Å². The van der Waals surface area contributed by atoms with Crippen LogP contribution in [0.4, 0.5) is 0 Å². The third-order valence-corrected chi connectivity index (χ3v) is 4.89. The predicted molar refractivity (Wildman–Crippen MR) is 72.1 cm³/mol. The first-order chi connectivity index (χ1) is 8.79. The van der Waals surface area contributed by atoms with Crippen molar-refractivity contribution in [3.05, 3.63) is 0 Å². The molecule has 0 aromatic heterocycles. The second-order valence-corrected chi connectivity index (χ2v) is 5.98. The maximum atomic E-state index is 12.5. The maximum Gasteiger partial charge on any atom is 0.312 e. The van der Waals surface area contributed by atoms with E-state index in [-0.39, 0.29) is 11.4 Å². The first-order valence-corrected chi connectivity index (χ1v) is 7.67. The number of hydrogen-bond acceptors (Lipinski definition) is 3. The molecule has 0 aliphatic heterocycles. The summed E-state index contributed by atoms with van der Waals surface area (Å²) in [6.45, 7) is 0.819. The highest BCUT2D eigenvalue weighted by molar-refractivity contribution is 5.77. The van der Waals surface area contributed by atoms with Crippen LogP contribution in [0.15, 0.2) is 0 Å². The smallest absolute Gasteiger partial charge is 0.312 e. The predicted octanol–water partition coefficient (Wildman–Crippen LogP) is 3.02. The molecule has 0 bridgehead atoms. The molecule has 0 radical (unpaired) electrons. The Balaban J connectivity index is 2.08. The van der Waals surface area contributed by atoms with Crippen molar-refractivity contribution in [1.29, 1.82) is 0 Å². The zero-order chi connectivity index (χ0) is 12.8. The molecule has 0 heterocycles. The summed E-state index contributed by atoms with van der Waals surface area (Å²) < 4.78 is 5.42. The summed E-state index contributed by atoms with van der Waals surface area (Å²) in [4.78, 5) is 12.5. The standard InChI is InChI=1S/C15H27NO2/c16-11-12-18-14(17)15(9-5-2-6-10-15)13-7-3-1-4-8-13/h13H,1-12,16H2. The maximum absolute atomic E-state index is 12.5. The van der Waals surface area contributed by atoms with Crippen LogP contribution in [0.3, 0.4) is 0 Å². The molecule has 0 spiro atoms. The fourth-order valence-electron chi connectivity index (χ4n) is 3.91. The van der Waals surface area contributed by atoms with Crippen molar-refractivity contribution in [2.24, 2.45) is 17.1 Å². The molecule has 2 aliphatic carbocycles. The van der Waals surface area contributed by atoms with Crippen LogP contribution in [0.25, 0.3) is 0 Å². The molecule has 3 heteroatoms. The van der Waals surface area contributed by atoms with Gasteiger partial charge in [-0.25, -0.2) is 0 Å². The Morgan fingerprint density at radius 3 is 2.28 bits per heavy atom. The van der Waals surface area contributed by atoms with Crippen LogP contribution < -0.4 is 5.73 Å². The Morgan fingerprint density at radius 2 is 1.67 bits per heavy atom. The molecular weight excluding hydrogens is 226 g/mol. The monoisotopic (exact) mass is 253 g/mol. The largest absolute Gasteiger partial charge is 0.464 e. The van der Waals surface area contributed by atoms with Crippen LogP contribution in [0.2, 0.25) is 0 Å². The second kappa shape index (κ2) is 6.55. The van der Waals surface area contributed by atoms with Crippen molar-refractivity contribution in [3.8, 4) is 0 Å². The Hall–Kier alpha value is -0.570. The van der Waals surface area contributed by atoms with Gasteiger partial charge in [0.1, 0.15) is 6.61 Å². The molecular formula is C15H27NO2. The number of carbonyl (C=O) groups is 1. The highest BCUT2D eigenvalue weighted by Gasteiger charge is 2.47. The zero-order valence-corrected chi connectivity index (χ0v) is 11.5. The fraction of sp³-hybridized carbons (Fsp3) is 0.933. The van der Waals surface area contributed by atoms with E-state index >= 15 is 0 Å². The van der Waals surface area contributed by atoms with E-state index in [1.807, 2.05) is 0 Å². The van der Waals surface area contributed by atoms with Crippen LogP contribution in [-0.4, -0.2) is 19.1 Å². The van der Waals surface area contributed by atoms with Crippen molar-refractivity contribution in [1.82, 2.24) is 0 Å². The average Bonchev–Trinajstić information content (AvgIpc) is 2.46. The molecule has 0 unspecified atom stereocenters. The molecule has 2 N–H and O–H groups in total. The van der Waals surface area contributed by atoms with E-state index < -0.39 is 0 Å². The molecule has 0 aromatic carbocycles. The van der Waals surface area contributed by atoms with Crippen molar-refractivity contribution in [2.75, 3.05) is 13.2 Å². The lowest BCUT2D eigenvalue weighted by Crippen LogP contribution is -2.43. The summed E-state index contributed by atoms with van der Waals surface area (Å²) in [6.07, 6.45) is 12.1. The minimum atomic E-state index is -0.159. The summed E-state index contributed by atoms with van der Waals surface area (Å²) in [5, 5.41) is 0. The zero-order valence-electron chi connectivity index (χ0n) is 11.5. The third-order valence-electron chi connectivity index (χ3n) is 4.89. The summed E-state index contributed by atoms with van der Waals surface area (Å²) in [5.74, 6) is 0.622. The normalized spacial score (nSPS) is 24.7. The van der Waals surface area contributed by atoms with Gasteiger partial charge in [-0.1, -0.05) is 38.5 Å². The first-order valence-electron chi connectivity index (χ1n) is 7.67. The van der Waals surface area contributed by atoms with Crippen LogP contribution in [0, 0.1) is 11.3 Å². The Bertz CT molecular complexity index is 266. The molecule has 2 fully saturated rings. The molecule has 18 heavy (non-hydrogen) atoms. The van der Waals surface area contributed by atoms with Gasteiger partial charge in [0.25, 0.3) is 0 Å². The van der Waals surface area contributed by atoms with Gasteiger partial charge >= 0.3 is 5.97 Å². The van der Waals surface area contributed by atoms with Crippen LogP contribution in [0.1, 0.15) is 64.2 Å². The van der Waals surface area contributed by atoms with Crippen LogP contribution in [-0.2, 0) is 9.53 Å². The quantitative estimate of drug-likeness (QED) is 0.784. The van der Waals surface area contributed by atoms with E-state index in [0.29, 0.717) is 19.1 Å². The molecule has 2 aliphatic rings. The Labute approximate surface area is 110 Å². The lowest BCUT2D eigenvalue weighted by Gasteiger charge is -2.43. The summed E-state index contributed by atoms with van der Waals surface area (Å²) in [6, 6.07) is 0. The topological polar surface area (TPSA) is 52.3 Å². The van der Waals surface area contributed by atoms with Gasteiger partial charge in [-0.3, -0.25) is 4.79 Å². The van der Waals surface area contributed by atoms with Crippen LogP contribution >= 0.6 is 0 Å². The lowest BCUT2D eigenvalue weighted by molar-refractivity contribution is -0.163. The van der Waals surface area contributed by atoms with E-state index in [9.17, 15) is 4.79 Å². The van der Waals surface area contributed by atoms with Crippen molar-refractivity contribution in [2.45, 2.75) is 64.2 Å². The van der Waals surface area contributed by atoms with Gasteiger partial charge in [0.2, 0.25) is 0 Å². The Morgan fingerprint density at radius 1 is 1.06 bits per heavy atom. The van der Waals surface area contributed by atoms with Gasteiger partial charge in [0, 0.05) is 6.54 Å². The molecule has 0 amide bonds. The number of nitrogens with two attached hydrogens (primary N) is 1. The molecule has 0 aromatic rings. The van der Waals surface area contributed by atoms with E-state index in [0.717, 1.165) is 12.8 Å².